The van der Waals surface area contributed by atoms with E-state index in [9.17, 15) is 14.0 Å². The lowest BCUT2D eigenvalue weighted by Crippen LogP contribution is -2.35. The summed E-state index contributed by atoms with van der Waals surface area (Å²) >= 11 is 0. The smallest absolute Gasteiger partial charge is 0.282 e. The zero-order valence-electron chi connectivity index (χ0n) is 15.3. The number of anilines is 1. The van der Waals surface area contributed by atoms with E-state index in [0.29, 0.717) is 22.6 Å². The first-order valence-corrected chi connectivity index (χ1v) is 9.00. The minimum Gasteiger partial charge on any atom is -0.489 e. The summed E-state index contributed by atoms with van der Waals surface area (Å²) < 4.78 is 19.2. The third kappa shape index (κ3) is 4.01. The Kier molecular flexibility index (Phi) is 5.07. The molecule has 4 rings (SSSR count). The molecule has 0 spiro atoms. The van der Waals surface area contributed by atoms with Gasteiger partial charge in [0.1, 0.15) is 23.7 Å². The summed E-state index contributed by atoms with van der Waals surface area (Å²) in [6.07, 6.45) is 1.53. The SMILES string of the molecule is O=C1NN(c2ccccc2)C(=O)C1=Cc1ccc(OCc2ccccc2F)cc1. The Morgan fingerprint density at radius 1 is 0.897 bits per heavy atom. The van der Waals surface area contributed by atoms with E-state index >= 15 is 0 Å². The molecule has 1 aliphatic heterocycles. The van der Waals surface area contributed by atoms with Crippen LogP contribution >= 0.6 is 0 Å². The van der Waals surface area contributed by atoms with Crippen LogP contribution in [0.4, 0.5) is 10.1 Å². The van der Waals surface area contributed by atoms with Crippen molar-refractivity contribution in [1.82, 2.24) is 5.43 Å². The lowest BCUT2D eigenvalue weighted by atomic mass is 10.1. The first-order valence-electron chi connectivity index (χ1n) is 9.00. The van der Waals surface area contributed by atoms with Crippen LogP contribution < -0.4 is 15.2 Å². The lowest BCUT2D eigenvalue weighted by molar-refractivity contribution is -0.117. The van der Waals surface area contributed by atoms with E-state index in [-0.39, 0.29) is 18.0 Å². The Hall–Kier alpha value is -3.93. The molecule has 1 N–H and O–H groups in total. The van der Waals surface area contributed by atoms with Gasteiger partial charge in [-0.05, 0) is 42.0 Å². The number of amides is 2. The van der Waals surface area contributed by atoms with Crippen LogP contribution in [0.1, 0.15) is 11.1 Å². The lowest BCUT2D eigenvalue weighted by Gasteiger charge is -2.13. The Bertz CT molecular complexity index is 1080. The van der Waals surface area contributed by atoms with Crippen molar-refractivity contribution in [2.45, 2.75) is 6.61 Å². The van der Waals surface area contributed by atoms with Crippen molar-refractivity contribution in [3.8, 4) is 5.75 Å². The summed E-state index contributed by atoms with van der Waals surface area (Å²) in [4.78, 5) is 24.8. The number of para-hydroxylation sites is 1. The number of rotatable bonds is 5. The number of nitrogens with zero attached hydrogens (tertiary/aromatic N) is 1. The highest BCUT2D eigenvalue weighted by Crippen LogP contribution is 2.22. The number of benzene rings is 3. The van der Waals surface area contributed by atoms with E-state index in [1.807, 2.05) is 6.07 Å². The Morgan fingerprint density at radius 3 is 2.31 bits per heavy atom. The largest absolute Gasteiger partial charge is 0.489 e. The molecule has 3 aromatic rings. The van der Waals surface area contributed by atoms with E-state index in [1.54, 1.807) is 66.7 Å². The molecule has 1 saturated heterocycles. The fourth-order valence-electron chi connectivity index (χ4n) is 2.92. The fourth-order valence-corrected chi connectivity index (χ4v) is 2.92. The van der Waals surface area contributed by atoms with Crippen molar-refractivity contribution >= 4 is 23.6 Å². The quantitative estimate of drug-likeness (QED) is 0.533. The zero-order chi connectivity index (χ0) is 20.2. The molecular formula is C23H17FN2O3. The van der Waals surface area contributed by atoms with Gasteiger partial charge in [-0.2, -0.15) is 0 Å². The minimum atomic E-state index is -0.460. The Labute approximate surface area is 167 Å². The second kappa shape index (κ2) is 7.98. The zero-order valence-corrected chi connectivity index (χ0v) is 15.3. The maximum atomic E-state index is 13.6. The molecule has 1 heterocycles. The highest BCUT2D eigenvalue weighted by atomic mass is 19.1. The third-order valence-corrected chi connectivity index (χ3v) is 4.45. The summed E-state index contributed by atoms with van der Waals surface area (Å²) in [7, 11) is 0. The molecule has 3 aromatic carbocycles. The van der Waals surface area contributed by atoms with Gasteiger partial charge in [0.15, 0.2) is 0 Å². The average Bonchev–Trinajstić information content (AvgIpc) is 3.03. The van der Waals surface area contributed by atoms with E-state index in [1.165, 1.54) is 17.2 Å². The van der Waals surface area contributed by atoms with Gasteiger partial charge in [0.2, 0.25) is 0 Å². The number of carbonyl (C=O) groups is 2. The van der Waals surface area contributed by atoms with E-state index in [4.69, 9.17) is 4.74 Å². The number of ether oxygens (including phenoxy) is 1. The molecule has 0 atom stereocenters. The van der Waals surface area contributed by atoms with Crippen molar-refractivity contribution < 1.29 is 18.7 Å². The second-order valence-corrected chi connectivity index (χ2v) is 6.42. The summed E-state index contributed by atoms with van der Waals surface area (Å²) in [5, 5.41) is 1.22. The van der Waals surface area contributed by atoms with Crippen LogP contribution in [0.3, 0.4) is 0 Å². The Morgan fingerprint density at radius 2 is 1.59 bits per heavy atom. The van der Waals surface area contributed by atoms with Gasteiger partial charge in [0.05, 0.1) is 5.69 Å². The third-order valence-electron chi connectivity index (χ3n) is 4.45. The number of carbonyl (C=O) groups excluding carboxylic acids is 2. The van der Waals surface area contributed by atoms with E-state index in [0.717, 1.165) is 0 Å². The number of hydrogen-bond acceptors (Lipinski definition) is 3. The molecule has 0 aromatic heterocycles. The molecule has 0 saturated carbocycles. The van der Waals surface area contributed by atoms with Gasteiger partial charge < -0.3 is 4.74 Å². The van der Waals surface area contributed by atoms with E-state index in [2.05, 4.69) is 5.43 Å². The molecule has 1 fully saturated rings. The van der Waals surface area contributed by atoms with Crippen LogP contribution in [0.15, 0.2) is 84.4 Å². The molecule has 0 bridgehead atoms. The number of hydrazine groups is 1. The van der Waals surface area contributed by atoms with Gasteiger partial charge in [0.25, 0.3) is 11.8 Å². The molecule has 0 unspecified atom stereocenters. The molecule has 0 radical (unpaired) electrons. The van der Waals surface area contributed by atoms with E-state index < -0.39 is 11.8 Å². The number of hydrogen-bond donors (Lipinski definition) is 1. The first kappa shape index (κ1) is 18.4. The fraction of sp³-hybridized carbons (Fsp3) is 0.0435. The molecular weight excluding hydrogens is 371 g/mol. The van der Waals surface area contributed by atoms with Gasteiger partial charge >= 0.3 is 0 Å². The summed E-state index contributed by atoms with van der Waals surface area (Å²) in [6.45, 7) is 0.111. The molecule has 29 heavy (non-hydrogen) atoms. The van der Waals surface area contributed by atoms with Crippen LogP contribution in [0, 0.1) is 5.82 Å². The van der Waals surface area contributed by atoms with Gasteiger partial charge in [-0.3, -0.25) is 15.0 Å². The minimum absolute atomic E-state index is 0.0499. The van der Waals surface area contributed by atoms with Gasteiger partial charge in [-0.1, -0.05) is 48.5 Å². The second-order valence-electron chi connectivity index (χ2n) is 6.42. The van der Waals surface area contributed by atoms with Crippen molar-refractivity contribution in [2.24, 2.45) is 0 Å². The van der Waals surface area contributed by atoms with Crippen LogP contribution in [0.5, 0.6) is 5.75 Å². The highest BCUT2D eigenvalue weighted by molar-refractivity contribution is 6.31. The van der Waals surface area contributed by atoms with Crippen molar-refractivity contribution in [2.75, 3.05) is 5.01 Å². The van der Waals surface area contributed by atoms with Gasteiger partial charge in [-0.25, -0.2) is 9.40 Å². The van der Waals surface area contributed by atoms with Crippen LogP contribution in [0.2, 0.25) is 0 Å². The molecule has 2 amide bonds. The van der Waals surface area contributed by atoms with Crippen LogP contribution in [-0.2, 0) is 16.2 Å². The van der Waals surface area contributed by atoms with Gasteiger partial charge in [0, 0.05) is 5.56 Å². The van der Waals surface area contributed by atoms with Crippen molar-refractivity contribution in [3.05, 3.63) is 101 Å². The molecule has 0 aliphatic carbocycles. The number of nitrogens with one attached hydrogen (secondary N) is 1. The van der Waals surface area contributed by atoms with Crippen molar-refractivity contribution in [1.29, 1.82) is 0 Å². The molecule has 1 aliphatic rings. The van der Waals surface area contributed by atoms with Crippen molar-refractivity contribution in [3.63, 3.8) is 0 Å². The first-order chi connectivity index (χ1) is 14.1. The molecule has 5 nitrogen and oxygen atoms in total. The predicted octanol–water partition coefficient (Wildman–Crippen LogP) is 3.87. The summed E-state index contributed by atoms with van der Waals surface area (Å²) in [6, 6.07) is 22.2. The molecule has 144 valence electrons. The topological polar surface area (TPSA) is 58.6 Å². The monoisotopic (exact) mass is 388 g/mol. The normalized spacial score (nSPS) is 14.9. The van der Waals surface area contributed by atoms with Crippen LogP contribution in [0.25, 0.3) is 6.08 Å². The average molecular weight is 388 g/mol. The standard InChI is InChI=1S/C23H17FN2O3/c24-21-9-5-4-6-17(21)15-29-19-12-10-16(11-13-19)14-20-22(27)25-26(23(20)28)18-7-2-1-3-8-18/h1-14H,15H2,(H,25,27). The summed E-state index contributed by atoms with van der Waals surface area (Å²) in [5.74, 6) is -0.633. The van der Waals surface area contributed by atoms with Crippen LogP contribution in [-0.4, -0.2) is 11.8 Å². The van der Waals surface area contributed by atoms with Gasteiger partial charge in [-0.15, -0.1) is 0 Å². The highest BCUT2D eigenvalue weighted by Gasteiger charge is 2.34. The predicted molar refractivity (Wildman–Crippen MR) is 107 cm³/mol. The maximum absolute atomic E-state index is 13.6. The number of halogens is 1. The summed E-state index contributed by atoms with van der Waals surface area (Å²) in [5.41, 5.74) is 4.34. The maximum Gasteiger partial charge on any atom is 0.282 e. The molecule has 6 heteroatoms. The Balaban J connectivity index is 1.46.